The summed E-state index contributed by atoms with van der Waals surface area (Å²) < 4.78 is 13.3. The molecule has 4 rings (SSSR count). The first-order valence-corrected chi connectivity index (χ1v) is 11.3. The lowest BCUT2D eigenvalue weighted by molar-refractivity contribution is 0.0544. The minimum atomic E-state index is -0.529. The van der Waals surface area contributed by atoms with E-state index in [4.69, 9.17) is 9.47 Å². The molecule has 2 aromatic carbocycles. The Bertz CT molecular complexity index is 1090. The SMILES string of the molecule is CC(C)(C)OC(=O)n1cc(CCN2CCC=C(OCc3ccccc3)C2)c2ccccc21. The van der Waals surface area contributed by atoms with Crippen LogP contribution in [0.4, 0.5) is 4.79 Å². The zero-order valence-corrected chi connectivity index (χ0v) is 19.2. The lowest BCUT2D eigenvalue weighted by atomic mass is 10.1. The third kappa shape index (κ3) is 5.60. The normalized spacial score (nSPS) is 14.9. The molecule has 0 atom stereocenters. The molecular formula is C27H32N2O3. The Hall–Kier alpha value is -3.05. The molecule has 0 unspecified atom stereocenters. The second kappa shape index (κ2) is 9.61. The lowest BCUT2D eigenvalue weighted by Crippen LogP contribution is -2.32. The molecule has 0 spiro atoms. The molecule has 168 valence electrons. The van der Waals surface area contributed by atoms with Gasteiger partial charge in [-0.2, -0.15) is 0 Å². The highest BCUT2D eigenvalue weighted by molar-refractivity contribution is 5.92. The van der Waals surface area contributed by atoms with E-state index in [9.17, 15) is 4.79 Å². The molecule has 0 aliphatic carbocycles. The summed E-state index contributed by atoms with van der Waals surface area (Å²) in [6.07, 6.45) is 5.66. The number of hydrogen-bond acceptors (Lipinski definition) is 4. The smallest absolute Gasteiger partial charge is 0.419 e. The van der Waals surface area contributed by atoms with Crippen molar-refractivity contribution in [2.45, 2.75) is 45.8 Å². The first-order chi connectivity index (χ1) is 15.4. The van der Waals surface area contributed by atoms with Gasteiger partial charge in [-0.15, -0.1) is 0 Å². The van der Waals surface area contributed by atoms with Crippen LogP contribution in [-0.4, -0.2) is 40.8 Å². The van der Waals surface area contributed by atoms with Gasteiger partial charge in [-0.25, -0.2) is 4.79 Å². The van der Waals surface area contributed by atoms with Gasteiger partial charge in [0.15, 0.2) is 0 Å². The maximum atomic E-state index is 12.7. The van der Waals surface area contributed by atoms with Gasteiger partial charge in [-0.1, -0.05) is 48.5 Å². The van der Waals surface area contributed by atoms with E-state index < -0.39 is 5.60 Å². The van der Waals surface area contributed by atoms with E-state index in [1.165, 1.54) is 5.56 Å². The van der Waals surface area contributed by atoms with Crippen LogP contribution in [0.3, 0.4) is 0 Å². The summed E-state index contributed by atoms with van der Waals surface area (Å²) in [7, 11) is 0. The van der Waals surface area contributed by atoms with Crippen molar-refractivity contribution in [1.82, 2.24) is 9.47 Å². The van der Waals surface area contributed by atoms with Crippen molar-refractivity contribution in [3.8, 4) is 0 Å². The molecule has 0 fully saturated rings. The van der Waals surface area contributed by atoms with Crippen LogP contribution >= 0.6 is 0 Å². The topological polar surface area (TPSA) is 43.7 Å². The highest BCUT2D eigenvalue weighted by atomic mass is 16.6. The second-order valence-corrected chi connectivity index (χ2v) is 9.28. The van der Waals surface area contributed by atoms with Crippen LogP contribution in [0, 0.1) is 0 Å². The predicted octanol–water partition coefficient (Wildman–Crippen LogP) is 5.77. The number of rotatable bonds is 6. The van der Waals surface area contributed by atoms with Crippen molar-refractivity contribution in [3.63, 3.8) is 0 Å². The van der Waals surface area contributed by atoms with E-state index in [2.05, 4.69) is 29.2 Å². The zero-order valence-electron chi connectivity index (χ0n) is 19.2. The van der Waals surface area contributed by atoms with Crippen molar-refractivity contribution in [1.29, 1.82) is 0 Å². The van der Waals surface area contributed by atoms with E-state index in [1.807, 2.05) is 63.4 Å². The molecule has 0 amide bonds. The molecule has 0 saturated carbocycles. The van der Waals surface area contributed by atoms with Gasteiger partial charge in [0.1, 0.15) is 18.0 Å². The average Bonchev–Trinajstić information content (AvgIpc) is 3.15. The largest absolute Gasteiger partial charge is 0.492 e. The van der Waals surface area contributed by atoms with E-state index in [1.54, 1.807) is 4.57 Å². The number of nitrogens with zero attached hydrogens (tertiary/aromatic N) is 2. The van der Waals surface area contributed by atoms with Crippen molar-refractivity contribution in [2.24, 2.45) is 0 Å². The van der Waals surface area contributed by atoms with E-state index in [0.717, 1.165) is 54.7 Å². The highest BCUT2D eigenvalue weighted by Crippen LogP contribution is 2.24. The minimum Gasteiger partial charge on any atom is -0.492 e. The fourth-order valence-electron chi connectivity index (χ4n) is 4.01. The summed E-state index contributed by atoms with van der Waals surface area (Å²) in [6, 6.07) is 18.3. The number of carbonyl (C=O) groups is 1. The minimum absolute atomic E-state index is 0.336. The van der Waals surface area contributed by atoms with Gasteiger partial charge in [-0.3, -0.25) is 9.47 Å². The number of para-hydroxylation sites is 1. The van der Waals surface area contributed by atoms with Crippen molar-refractivity contribution < 1.29 is 14.3 Å². The molecular weight excluding hydrogens is 400 g/mol. The molecule has 2 heterocycles. The monoisotopic (exact) mass is 432 g/mol. The Morgan fingerprint density at radius 3 is 2.56 bits per heavy atom. The number of benzene rings is 2. The maximum Gasteiger partial charge on any atom is 0.419 e. The fourth-order valence-corrected chi connectivity index (χ4v) is 4.01. The molecule has 5 heteroatoms. The third-order valence-electron chi connectivity index (χ3n) is 5.55. The molecule has 0 saturated heterocycles. The van der Waals surface area contributed by atoms with Crippen LogP contribution in [0.2, 0.25) is 0 Å². The standard InChI is InChI=1S/C27H32N2O3/c1-27(2,3)32-26(30)29-18-22(24-13-7-8-14-25(24)29)15-17-28-16-9-12-23(19-28)31-20-21-10-5-4-6-11-21/h4-8,10-14,18H,9,15-17,19-20H2,1-3H3. The Labute approximate surface area is 190 Å². The first kappa shape index (κ1) is 22.2. The number of ether oxygens (including phenoxy) is 2. The molecule has 0 N–H and O–H groups in total. The quantitative estimate of drug-likeness (QED) is 0.496. The van der Waals surface area contributed by atoms with Crippen LogP contribution < -0.4 is 0 Å². The fraction of sp³-hybridized carbons (Fsp3) is 0.370. The van der Waals surface area contributed by atoms with Crippen LogP contribution in [0.5, 0.6) is 0 Å². The molecule has 1 aliphatic rings. The molecule has 1 aliphatic heterocycles. The number of hydrogen-bond donors (Lipinski definition) is 0. The molecule has 0 bridgehead atoms. The highest BCUT2D eigenvalue weighted by Gasteiger charge is 2.21. The molecule has 5 nitrogen and oxygen atoms in total. The van der Waals surface area contributed by atoms with Gasteiger partial charge in [0.05, 0.1) is 12.1 Å². The third-order valence-corrected chi connectivity index (χ3v) is 5.55. The van der Waals surface area contributed by atoms with Crippen LogP contribution in [-0.2, 0) is 22.5 Å². The number of carbonyl (C=O) groups excluding carboxylic acids is 1. The van der Waals surface area contributed by atoms with Crippen LogP contribution in [0.1, 0.15) is 38.3 Å². The zero-order chi connectivity index (χ0) is 22.6. The van der Waals surface area contributed by atoms with E-state index in [0.29, 0.717) is 6.61 Å². The van der Waals surface area contributed by atoms with Gasteiger partial charge >= 0.3 is 6.09 Å². The Morgan fingerprint density at radius 1 is 1.03 bits per heavy atom. The van der Waals surface area contributed by atoms with Gasteiger partial charge in [-0.05, 0) is 56.9 Å². The number of aromatic nitrogens is 1. The Balaban J connectivity index is 1.40. The Kier molecular flexibility index (Phi) is 6.66. The summed E-state index contributed by atoms with van der Waals surface area (Å²) in [5.41, 5.74) is 2.70. The molecule has 0 radical (unpaired) electrons. The van der Waals surface area contributed by atoms with Crippen molar-refractivity contribution in [2.75, 3.05) is 19.6 Å². The lowest BCUT2D eigenvalue weighted by Gasteiger charge is -2.27. The summed E-state index contributed by atoms with van der Waals surface area (Å²) >= 11 is 0. The van der Waals surface area contributed by atoms with Gasteiger partial charge in [0, 0.05) is 24.7 Å². The van der Waals surface area contributed by atoms with E-state index >= 15 is 0 Å². The summed E-state index contributed by atoms with van der Waals surface area (Å²) in [6.45, 7) is 9.01. The average molecular weight is 433 g/mol. The Morgan fingerprint density at radius 2 is 1.78 bits per heavy atom. The van der Waals surface area contributed by atoms with Gasteiger partial charge in [0.2, 0.25) is 0 Å². The van der Waals surface area contributed by atoms with Crippen LogP contribution in [0.25, 0.3) is 10.9 Å². The summed E-state index contributed by atoms with van der Waals surface area (Å²) in [5.74, 6) is 1.04. The summed E-state index contributed by atoms with van der Waals surface area (Å²) in [4.78, 5) is 15.1. The molecule has 3 aromatic rings. The van der Waals surface area contributed by atoms with Crippen molar-refractivity contribution >= 4 is 17.0 Å². The second-order valence-electron chi connectivity index (χ2n) is 9.28. The maximum absolute atomic E-state index is 12.7. The van der Waals surface area contributed by atoms with Crippen LogP contribution in [0.15, 0.2) is 72.6 Å². The predicted molar refractivity (Wildman–Crippen MR) is 128 cm³/mol. The van der Waals surface area contributed by atoms with Gasteiger partial charge < -0.3 is 9.47 Å². The number of fused-ring (bicyclic) bond motifs is 1. The van der Waals surface area contributed by atoms with Crippen molar-refractivity contribution in [3.05, 3.63) is 83.8 Å². The van der Waals surface area contributed by atoms with Gasteiger partial charge in [0.25, 0.3) is 0 Å². The molecule has 1 aromatic heterocycles. The first-order valence-electron chi connectivity index (χ1n) is 11.3. The molecule has 32 heavy (non-hydrogen) atoms. The summed E-state index contributed by atoms with van der Waals surface area (Å²) in [5, 5.41) is 1.10. The van der Waals surface area contributed by atoms with E-state index in [-0.39, 0.29) is 6.09 Å².